The zero-order valence-electron chi connectivity index (χ0n) is 20.2. The highest BCUT2D eigenvalue weighted by Crippen LogP contribution is 2.30. The molecule has 0 atom stereocenters. The van der Waals surface area contributed by atoms with Crippen molar-refractivity contribution in [3.8, 4) is 0 Å². The summed E-state index contributed by atoms with van der Waals surface area (Å²) in [6.45, 7) is 3.24. The molecule has 0 heterocycles. The Labute approximate surface area is 203 Å². The third-order valence-electron chi connectivity index (χ3n) is 6.69. The van der Waals surface area contributed by atoms with Crippen LogP contribution in [-0.4, -0.2) is 23.8 Å². The summed E-state index contributed by atoms with van der Waals surface area (Å²) in [4.78, 5) is 29.9. The Morgan fingerprint density at radius 1 is 0.794 bits per heavy atom. The second-order valence-corrected chi connectivity index (χ2v) is 9.47. The van der Waals surface area contributed by atoms with Crippen LogP contribution in [0.5, 0.6) is 0 Å². The summed E-state index contributed by atoms with van der Waals surface area (Å²) < 4.78 is 0. The molecule has 1 saturated carbocycles. The maximum absolute atomic E-state index is 13.4. The van der Waals surface area contributed by atoms with Crippen molar-refractivity contribution in [3.05, 3.63) is 101 Å². The lowest BCUT2D eigenvalue weighted by molar-refractivity contribution is -0.129. The number of aryl methyl sites for hydroxylation is 1. The molecule has 3 aromatic carbocycles. The first-order valence-corrected chi connectivity index (χ1v) is 12.2. The number of amides is 2. The van der Waals surface area contributed by atoms with Gasteiger partial charge in [-0.1, -0.05) is 85.1 Å². The molecule has 1 fully saturated rings. The van der Waals surface area contributed by atoms with E-state index in [1.165, 1.54) is 5.56 Å². The van der Waals surface area contributed by atoms with Gasteiger partial charge in [-0.05, 0) is 48.6 Å². The van der Waals surface area contributed by atoms with Crippen LogP contribution >= 0.6 is 0 Å². The fourth-order valence-electron chi connectivity index (χ4n) is 4.73. The van der Waals surface area contributed by atoms with Gasteiger partial charge in [0.15, 0.2) is 0 Å². The Balaban J connectivity index is 1.46. The maximum Gasteiger partial charge on any atom is 0.230 e. The molecule has 0 aliphatic heterocycles. The van der Waals surface area contributed by atoms with Crippen LogP contribution < -0.4 is 4.90 Å². The van der Waals surface area contributed by atoms with Gasteiger partial charge in [-0.15, -0.1) is 0 Å². The fraction of sp³-hybridized carbons (Fsp3) is 0.333. The summed E-state index contributed by atoms with van der Waals surface area (Å²) in [6.07, 6.45) is 4.56. The summed E-state index contributed by atoms with van der Waals surface area (Å²) in [7, 11) is 1.84. The van der Waals surface area contributed by atoms with E-state index in [2.05, 4.69) is 25.1 Å². The number of hydrogen-bond acceptors (Lipinski definition) is 2. The molecule has 1 aliphatic carbocycles. The van der Waals surface area contributed by atoms with Crippen molar-refractivity contribution in [2.45, 2.75) is 52.1 Å². The molecule has 34 heavy (non-hydrogen) atoms. The van der Waals surface area contributed by atoms with E-state index in [9.17, 15) is 9.59 Å². The van der Waals surface area contributed by atoms with Crippen LogP contribution in [0, 0.1) is 12.8 Å². The first-order chi connectivity index (χ1) is 16.5. The molecule has 4 rings (SSSR count). The molecule has 0 aromatic heterocycles. The van der Waals surface area contributed by atoms with Gasteiger partial charge in [-0.25, -0.2) is 0 Å². The smallest absolute Gasteiger partial charge is 0.230 e. The van der Waals surface area contributed by atoms with E-state index in [0.717, 1.165) is 48.1 Å². The van der Waals surface area contributed by atoms with Crippen molar-refractivity contribution in [1.29, 1.82) is 0 Å². The SMILES string of the molecule is Cc1cccc(CN(C(=O)C2CCCC2)c2ccc(CC(=O)N(C)Cc3ccccc3)cc2)c1. The molecule has 3 aromatic rings. The van der Waals surface area contributed by atoms with Crippen LogP contribution in [0.4, 0.5) is 5.69 Å². The van der Waals surface area contributed by atoms with E-state index in [1.807, 2.05) is 72.6 Å². The van der Waals surface area contributed by atoms with Gasteiger partial charge >= 0.3 is 0 Å². The minimum atomic E-state index is 0.0789. The summed E-state index contributed by atoms with van der Waals surface area (Å²) in [5.74, 6) is 0.401. The number of benzene rings is 3. The molecule has 0 N–H and O–H groups in total. The Bertz CT molecular complexity index is 1100. The Hall–Kier alpha value is -3.40. The number of likely N-dealkylation sites (N-methyl/N-ethyl adjacent to an activating group) is 1. The first-order valence-electron chi connectivity index (χ1n) is 12.2. The molecule has 4 nitrogen and oxygen atoms in total. The van der Waals surface area contributed by atoms with Crippen molar-refractivity contribution in [2.24, 2.45) is 5.92 Å². The second-order valence-electron chi connectivity index (χ2n) is 9.47. The van der Waals surface area contributed by atoms with Crippen LogP contribution in [-0.2, 0) is 29.1 Å². The van der Waals surface area contributed by atoms with Crippen LogP contribution in [0.15, 0.2) is 78.9 Å². The van der Waals surface area contributed by atoms with Crippen molar-refractivity contribution >= 4 is 17.5 Å². The minimum Gasteiger partial charge on any atom is -0.341 e. The molecule has 0 bridgehead atoms. The molecule has 2 amide bonds. The molecule has 1 aliphatic rings. The predicted molar refractivity (Wildman–Crippen MR) is 137 cm³/mol. The van der Waals surface area contributed by atoms with Gasteiger partial charge in [-0.3, -0.25) is 9.59 Å². The molecule has 0 spiro atoms. The fourth-order valence-corrected chi connectivity index (χ4v) is 4.73. The minimum absolute atomic E-state index is 0.0789. The van der Waals surface area contributed by atoms with Crippen LogP contribution in [0.25, 0.3) is 0 Å². The monoisotopic (exact) mass is 454 g/mol. The topological polar surface area (TPSA) is 40.6 Å². The van der Waals surface area contributed by atoms with E-state index in [1.54, 1.807) is 4.90 Å². The van der Waals surface area contributed by atoms with Gasteiger partial charge in [0.1, 0.15) is 0 Å². The normalized spacial score (nSPS) is 13.6. The van der Waals surface area contributed by atoms with Crippen molar-refractivity contribution in [1.82, 2.24) is 4.90 Å². The Morgan fingerprint density at radius 2 is 1.47 bits per heavy atom. The lowest BCUT2D eigenvalue weighted by Crippen LogP contribution is -2.35. The zero-order chi connectivity index (χ0) is 23.9. The molecule has 0 saturated heterocycles. The van der Waals surface area contributed by atoms with Gasteiger partial charge < -0.3 is 9.80 Å². The lowest BCUT2D eigenvalue weighted by atomic mass is 10.0. The molecule has 176 valence electrons. The van der Waals surface area contributed by atoms with Crippen molar-refractivity contribution in [2.75, 3.05) is 11.9 Å². The number of anilines is 1. The third kappa shape index (κ3) is 6.13. The van der Waals surface area contributed by atoms with E-state index in [0.29, 0.717) is 19.5 Å². The van der Waals surface area contributed by atoms with Gasteiger partial charge in [0.05, 0.1) is 13.0 Å². The van der Waals surface area contributed by atoms with Crippen molar-refractivity contribution < 1.29 is 9.59 Å². The van der Waals surface area contributed by atoms with E-state index >= 15 is 0 Å². The van der Waals surface area contributed by atoms with Crippen LogP contribution in [0.1, 0.15) is 47.9 Å². The molecular formula is C30H34N2O2. The van der Waals surface area contributed by atoms with Gasteiger partial charge in [0, 0.05) is 25.2 Å². The average Bonchev–Trinajstić information content (AvgIpc) is 3.38. The summed E-state index contributed by atoms with van der Waals surface area (Å²) in [5.41, 5.74) is 5.29. The quantitative estimate of drug-likeness (QED) is 0.424. The van der Waals surface area contributed by atoms with Crippen LogP contribution in [0.3, 0.4) is 0 Å². The van der Waals surface area contributed by atoms with Gasteiger partial charge in [0.25, 0.3) is 0 Å². The zero-order valence-corrected chi connectivity index (χ0v) is 20.2. The largest absolute Gasteiger partial charge is 0.341 e. The Morgan fingerprint density at radius 3 is 2.15 bits per heavy atom. The summed E-state index contributed by atoms with van der Waals surface area (Å²) in [5, 5.41) is 0. The molecular weight excluding hydrogens is 420 g/mol. The molecule has 4 heteroatoms. The highest BCUT2D eigenvalue weighted by Gasteiger charge is 2.28. The first kappa shape index (κ1) is 23.7. The van der Waals surface area contributed by atoms with E-state index in [4.69, 9.17) is 0 Å². The maximum atomic E-state index is 13.4. The van der Waals surface area contributed by atoms with Crippen LogP contribution in [0.2, 0.25) is 0 Å². The van der Waals surface area contributed by atoms with Gasteiger partial charge in [-0.2, -0.15) is 0 Å². The highest BCUT2D eigenvalue weighted by atomic mass is 16.2. The molecule has 0 radical (unpaired) electrons. The predicted octanol–water partition coefficient (Wildman–Crippen LogP) is 5.92. The third-order valence-corrected chi connectivity index (χ3v) is 6.69. The number of rotatable bonds is 8. The molecule has 0 unspecified atom stereocenters. The highest BCUT2D eigenvalue weighted by molar-refractivity contribution is 5.95. The number of carbonyl (C=O) groups excluding carboxylic acids is 2. The average molecular weight is 455 g/mol. The van der Waals surface area contributed by atoms with Crippen molar-refractivity contribution in [3.63, 3.8) is 0 Å². The Kier molecular flexibility index (Phi) is 7.79. The number of hydrogen-bond donors (Lipinski definition) is 0. The lowest BCUT2D eigenvalue weighted by Gasteiger charge is -2.26. The summed E-state index contributed by atoms with van der Waals surface area (Å²) in [6, 6.07) is 26.3. The number of carbonyl (C=O) groups is 2. The second kappa shape index (κ2) is 11.1. The summed E-state index contributed by atoms with van der Waals surface area (Å²) >= 11 is 0. The number of nitrogens with zero attached hydrogens (tertiary/aromatic N) is 2. The van der Waals surface area contributed by atoms with Gasteiger partial charge in [0.2, 0.25) is 11.8 Å². The van der Waals surface area contributed by atoms with E-state index in [-0.39, 0.29) is 17.7 Å². The standard InChI is InChI=1S/C30H34N2O2/c1-23-9-8-12-26(19-23)22-32(30(34)27-13-6-7-14-27)28-17-15-24(16-18-28)20-29(33)31(2)21-25-10-4-3-5-11-25/h3-5,8-12,15-19,27H,6-7,13-14,20-22H2,1-2H3. The van der Waals surface area contributed by atoms with E-state index < -0.39 is 0 Å².